The van der Waals surface area contributed by atoms with Crippen LogP contribution in [0.15, 0.2) is 78.9 Å². The number of nitro benzene ring substituents is 1. The van der Waals surface area contributed by atoms with E-state index >= 15 is 0 Å². The van der Waals surface area contributed by atoms with Gasteiger partial charge in [-0.25, -0.2) is 0 Å². The number of rotatable bonds is 7. The maximum atomic E-state index is 12.3. The van der Waals surface area contributed by atoms with Crippen molar-refractivity contribution in [3.8, 4) is 11.1 Å². The Morgan fingerprint density at radius 3 is 2.18 bits per heavy atom. The summed E-state index contributed by atoms with van der Waals surface area (Å²) in [6, 6.07) is 22.8. The number of hydrogen-bond donors (Lipinski definition) is 1. The van der Waals surface area contributed by atoms with E-state index in [0.717, 1.165) is 11.1 Å². The lowest BCUT2D eigenvalue weighted by Gasteiger charge is -2.06. The number of Topliss-reactive ketones (excluding diaryl/α,β-unsaturated/α-hetero) is 1. The molecule has 0 aliphatic carbocycles. The van der Waals surface area contributed by atoms with E-state index in [1.54, 1.807) is 18.2 Å². The van der Waals surface area contributed by atoms with Crippen LogP contribution in [0.3, 0.4) is 0 Å². The number of benzene rings is 3. The Labute approximate surface area is 162 Å². The summed E-state index contributed by atoms with van der Waals surface area (Å²) >= 11 is 0. The number of anilines is 1. The molecule has 6 heteroatoms. The first-order valence-electron chi connectivity index (χ1n) is 8.76. The molecule has 0 fully saturated rings. The molecule has 0 spiro atoms. The minimum Gasteiger partial charge on any atom is -0.326 e. The van der Waals surface area contributed by atoms with E-state index in [0.29, 0.717) is 11.3 Å². The van der Waals surface area contributed by atoms with Gasteiger partial charge >= 0.3 is 0 Å². The molecule has 0 aliphatic rings. The Kier molecular flexibility index (Phi) is 5.91. The molecular weight excluding hydrogens is 356 g/mol. The van der Waals surface area contributed by atoms with Gasteiger partial charge in [-0.05, 0) is 17.2 Å². The van der Waals surface area contributed by atoms with Crippen molar-refractivity contribution >= 4 is 23.1 Å². The van der Waals surface area contributed by atoms with Crippen LogP contribution in [0.5, 0.6) is 0 Å². The largest absolute Gasteiger partial charge is 0.326 e. The Morgan fingerprint density at radius 2 is 1.50 bits per heavy atom. The summed E-state index contributed by atoms with van der Waals surface area (Å²) < 4.78 is 0. The molecule has 0 radical (unpaired) electrons. The molecule has 3 rings (SSSR count). The number of non-ortho nitro benzene ring substituents is 1. The van der Waals surface area contributed by atoms with Gasteiger partial charge in [-0.3, -0.25) is 19.7 Å². The van der Waals surface area contributed by atoms with Crippen LogP contribution < -0.4 is 5.32 Å². The maximum absolute atomic E-state index is 12.3. The van der Waals surface area contributed by atoms with Gasteiger partial charge in [0.2, 0.25) is 5.91 Å². The summed E-state index contributed by atoms with van der Waals surface area (Å²) in [6.07, 6.45) is 0.0629. The number of nitro groups is 1. The SMILES string of the molecule is O=C(CCC(=O)c1ccc(-c2ccccc2)cc1)Nc1cccc([N+](=O)[O-])c1. The van der Waals surface area contributed by atoms with Gasteiger partial charge in [-0.15, -0.1) is 0 Å². The van der Waals surface area contributed by atoms with Gasteiger partial charge in [0.15, 0.2) is 5.78 Å². The zero-order valence-electron chi connectivity index (χ0n) is 15.0. The first kappa shape index (κ1) is 19.0. The number of ketones is 1. The van der Waals surface area contributed by atoms with Crippen LogP contribution in [0, 0.1) is 10.1 Å². The molecule has 0 saturated heterocycles. The Bertz CT molecular complexity index is 999. The van der Waals surface area contributed by atoms with Crippen molar-refractivity contribution in [2.24, 2.45) is 0 Å². The molecule has 0 aliphatic heterocycles. The smallest absolute Gasteiger partial charge is 0.271 e. The van der Waals surface area contributed by atoms with Gasteiger partial charge in [0.25, 0.3) is 5.69 Å². The highest BCUT2D eigenvalue weighted by atomic mass is 16.6. The van der Waals surface area contributed by atoms with Crippen LogP contribution in [0.2, 0.25) is 0 Å². The van der Waals surface area contributed by atoms with Crippen molar-refractivity contribution in [2.75, 3.05) is 5.32 Å². The molecule has 0 saturated carbocycles. The molecule has 28 heavy (non-hydrogen) atoms. The lowest BCUT2D eigenvalue weighted by Crippen LogP contribution is -2.13. The van der Waals surface area contributed by atoms with Crippen molar-refractivity contribution in [1.29, 1.82) is 0 Å². The molecule has 0 unspecified atom stereocenters. The highest BCUT2D eigenvalue weighted by molar-refractivity contribution is 6.00. The number of amides is 1. The molecule has 1 N–H and O–H groups in total. The normalized spacial score (nSPS) is 10.3. The third-order valence-corrected chi connectivity index (χ3v) is 4.23. The average Bonchev–Trinajstić information content (AvgIpc) is 2.73. The molecule has 3 aromatic carbocycles. The molecule has 6 nitrogen and oxygen atoms in total. The standard InChI is InChI=1S/C22H18N2O4/c25-21(18-11-9-17(10-12-18)16-5-2-1-3-6-16)13-14-22(26)23-19-7-4-8-20(15-19)24(27)28/h1-12,15H,13-14H2,(H,23,26). The Morgan fingerprint density at radius 1 is 0.821 bits per heavy atom. The third-order valence-electron chi connectivity index (χ3n) is 4.23. The molecule has 0 heterocycles. The fourth-order valence-electron chi connectivity index (χ4n) is 2.77. The van der Waals surface area contributed by atoms with Crippen LogP contribution in [0.25, 0.3) is 11.1 Å². The van der Waals surface area contributed by atoms with Crippen molar-refractivity contribution in [3.63, 3.8) is 0 Å². The van der Waals surface area contributed by atoms with Crippen LogP contribution >= 0.6 is 0 Å². The van der Waals surface area contributed by atoms with Gasteiger partial charge in [-0.1, -0.05) is 60.7 Å². The summed E-state index contributed by atoms with van der Waals surface area (Å²) in [4.78, 5) is 34.6. The van der Waals surface area contributed by atoms with Gasteiger partial charge < -0.3 is 5.32 Å². The predicted octanol–water partition coefficient (Wildman–Crippen LogP) is 4.86. The van der Waals surface area contributed by atoms with Crippen molar-refractivity contribution in [1.82, 2.24) is 0 Å². The van der Waals surface area contributed by atoms with Gasteiger partial charge in [0.1, 0.15) is 0 Å². The van der Waals surface area contributed by atoms with E-state index in [2.05, 4.69) is 5.32 Å². The molecule has 0 bridgehead atoms. The van der Waals surface area contributed by atoms with Crippen LogP contribution in [-0.4, -0.2) is 16.6 Å². The molecule has 0 atom stereocenters. The summed E-state index contributed by atoms with van der Waals surface area (Å²) in [5, 5.41) is 13.4. The van der Waals surface area contributed by atoms with E-state index < -0.39 is 4.92 Å². The lowest BCUT2D eigenvalue weighted by atomic mass is 10.0. The van der Waals surface area contributed by atoms with Gasteiger partial charge in [0.05, 0.1) is 4.92 Å². The number of nitrogens with zero attached hydrogens (tertiary/aromatic N) is 1. The topological polar surface area (TPSA) is 89.3 Å². The highest BCUT2D eigenvalue weighted by Crippen LogP contribution is 2.20. The minimum absolute atomic E-state index is 0.00195. The Hall–Kier alpha value is -3.80. The second-order valence-electron chi connectivity index (χ2n) is 6.22. The minimum atomic E-state index is -0.529. The van der Waals surface area contributed by atoms with Gasteiger partial charge in [-0.2, -0.15) is 0 Å². The molecule has 3 aromatic rings. The number of carbonyl (C=O) groups is 2. The molecule has 0 aromatic heterocycles. The van der Waals surface area contributed by atoms with E-state index in [1.807, 2.05) is 42.5 Å². The zero-order chi connectivity index (χ0) is 19.9. The number of carbonyl (C=O) groups excluding carboxylic acids is 2. The second kappa shape index (κ2) is 8.73. The van der Waals surface area contributed by atoms with E-state index in [9.17, 15) is 19.7 Å². The van der Waals surface area contributed by atoms with E-state index in [-0.39, 0.29) is 30.2 Å². The first-order chi connectivity index (χ1) is 13.5. The monoisotopic (exact) mass is 374 g/mol. The van der Waals surface area contributed by atoms with Gasteiger partial charge in [0, 0.05) is 36.2 Å². The number of hydrogen-bond acceptors (Lipinski definition) is 4. The maximum Gasteiger partial charge on any atom is 0.271 e. The Balaban J connectivity index is 1.55. The van der Waals surface area contributed by atoms with Crippen LogP contribution in [0.1, 0.15) is 23.2 Å². The summed E-state index contributed by atoms with van der Waals surface area (Å²) in [5.74, 6) is -0.497. The summed E-state index contributed by atoms with van der Waals surface area (Å²) in [5.41, 5.74) is 2.85. The lowest BCUT2D eigenvalue weighted by molar-refractivity contribution is -0.384. The van der Waals surface area contributed by atoms with E-state index in [4.69, 9.17) is 0 Å². The first-order valence-corrected chi connectivity index (χ1v) is 8.76. The average molecular weight is 374 g/mol. The quantitative estimate of drug-likeness (QED) is 0.363. The third kappa shape index (κ3) is 4.88. The number of nitrogens with one attached hydrogen (secondary N) is 1. The predicted molar refractivity (Wildman–Crippen MR) is 107 cm³/mol. The van der Waals surface area contributed by atoms with Crippen LogP contribution in [-0.2, 0) is 4.79 Å². The second-order valence-corrected chi connectivity index (χ2v) is 6.22. The molecule has 140 valence electrons. The fraction of sp³-hybridized carbons (Fsp3) is 0.0909. The van der Waals surface area contributed by atoms with Crippen molar-refractivity contribution in [3.05, 3.63) is 94.5 Å². The van der Waals surface area contributed by atoms with Crippen LogP contribution in [0.4, 0.5) is 11.4 Å². The van der Waals surface area contributed by atoms with E-state index in [1.165, 1.54) is 18.2 Å². The zero-order valence-corrected chi connectivity index (χ0v) is 15.0. The van der Waals surface area contributed by atoms with Crippen molar-refractivity contribution in [2.45, 2.75) is 12.8 Å². The molecular formula is C22H18N2O4. The summed E-state index contributed by atoms with van der Waals surface area (Å²) in [6.45, 7) is 0. The summed E-state index contributed by atoms with van der Waals surface area (Å²) in [7, 11) is 0. The molecule has 1 amide bonds. The highest BCUT2D eigenvalue weighted by Gasteiger charge is 2.12. The fourth-order valence-corrected chi connectivity index (χ4v) is 2.77. The van der Waals surface area contributed by atoms with Crippen molar-refractivity contribution < 1.29 is 14.5 Å².